The molecule has 27 heavy (non-hydrogen) atoms. The SMILES string of the molecule is CCCC(=O)Cc1cc(N)ccc1S(=O)(=O)Cc1ccc2c(c1)B(O)OC2. The van der Waals surface area contributed by atoms with Gasteiger partial charge in [0.15, 0.2) is 9.84 Å². The number of nitrogens with two attached hydrogens (primary N) is 1. The molecule has 8 heteroatoms. The average molecular weight is 387 g/mol. The second kappa shape index (κ2) is 7.84. The zero-order valence-corrected chi connectivity index (χ0v) is 16.0. The van der Waals surface area contributed by atoms with Crippen LogP contribution in [0.5, 0.6) is 0 Å². The van der Waals surface area contributed by atoms with E-state index in [1.54, 1.807) is 24.3 Å². The molecular weight excluding hydrogens is 365 g/mol. The molecule has 3 rings (SSSR count). The van der Waals surface area contributed by atoms with E-state index in [2.05, 4.69) is 0 Å². The van der Waals surface area contributed by atoms with Crippen molar-refractivity contribution in [2.75, 3.05) is 5.73 Å². The summed E-state index contributed by atoms with van der Waals surface area (Å²) in [6.45, 7) is 2.21. The number of fused-ring (bicyclic) bond motifs is 1. The number of hydrogen-bond donors (Lipinski definition) is 2. The lowest BCUT2D eigenvalue weighted by molar-refractivity contribution is -0.118. The molecule has 0 aromatic heterocycles. The van der Waals surface area contributed by atoms with Crippen LogP contribution in [0.4, 0.5) is 5.69 Å². The molecule has 2 aromatic rings. The van der Waals surface area contributed by atoms with Crippen LogP contribution in [0.15, 0.2) is 41.3 Å². The van der Waals surface area contributed by atoms with Gasteiger partial charge in [0.25, 0.3) is 0 Å². The Balaban J connectivity index is 1.91. The molecule has 1 aliphatic rings. The Labute approximate surface area is 159 Å². The predicted octanol–water partition coefficient (Wildman–Crippen LogP) is 1.37. The van der Waals surface area contributed by atoms with Gasteiger partial charge in [-0.2, -0.15) is 0 Å². The van der Waals surface area contributed by atoms with Gasteiger partial charge < -0.3 is 15.4 Å². The number of carbonyl (C=O) groups excluding carboxylic acids is 1. The van der Waals surface area contributed by atoms with Crippen molar-refractivity contribution in [1.82, 2.24) is 0 Å². The van der Waals surface area contributed by atoms with Gasteiger partial charge in [0.1, 0.15) is 5.78 Å². The number of hydrogen-bond acceptors (Lipinski definition) is 6. The molecule has 0 amide bonds. The van der Waals surface area contributed by atoms with E-state index in [4.69, 9.17) is 10.4 Å². The molecule has 0 saturated carbocycles. The molecule has 0 atom stereocenters. The van der Waals surface area contributed by atoms with Gasteiger partial charge in [-0.25, -0.2) is 8.42 Å². The van der Waals surface area contributed by atoms with Crippen molar-refractivity contribution in [3.8, 4) is 0 Å². The molecule has 0 bridgehead atoms. The Hall–Kier alpha value is -2.16. The van der Waals surface area contributed by atoms with Crippen LogP contribution in [-0.2, 0) is 38.1 Å². The highest BCUT2D eigenvalue weighted by atomic mass is 32.2. The second-order valence-electron chi connectivity index (χ2n) is 6.79. The summed E-state index contributed by atoms with van der Waals surface area (Å²) >= 11 is 0. The lowest BCUT2D eigenvalue weighted by Gasteiger charge is -2.12. The van der Waals surface area contributed by atoms with Crippen LogP contribution in [0.25, 0.3) is 0 Å². The molecule has 142 valence electrons. The maximum Gasteiger partial charge on any atom is 0.491 e. The van der Waals surface area contributed by atoms with E-state index in [0.717, 1.165) is 5.56 Å². The monoisotopic (exact) mass is 387 g/mol. The van der Waals surface area contributed by atoms with Crippen molar-refractivity contribution in [1.29, 1.82) is 0 Å². The fraction of sp³-hybridized carbons (Fsp3) is 0.316. The number of Topliss-reactive ketones (excluding diaryl/α,β-unsaturated/α-hetero) is 1. The number of rotatable bonds is 7. The zero-order valence-electron chi connectivity index (χ0n) is 15.1. The van der Waals surface area contributed by atoms with E-state index < -0.39 is 17.0 Å². The van der Waals surface area contributed by atoms with Gasteiger partial charge in [-0.1, -0.05) is 25.1 Å². The summed E-state index contributed by atoms with van der Waals surface area (Å²) in [5.74, 6) is -0.247. The Morgan fingerprint density at radius 2 is 2.04 bits per heavy atom. The fourth-order valence-corrected chi connectivity index (χ4v) is 4.85. The van der Waals surface area contributed by atoms with Crippen LogP contribution in [0.2, 0.25) is 0 Å². The first kappa shape index (κ1) is 19.6. The third-order valence-corrected chi connectivity index (χ3v) is 6.35. The van der Waals surface area contributed by atoms with Crippen molar-refractivity contribution >= 4 is 33.9 Å². The van der Waals surface area contributed by atoms with Gasteiger partial charge in [0.05, 0.1) is 17.3 Å². The van der Waals surface area contributed by atoms with Crippen molar-refractivity contribution in [2.24, 2.45) is 0 Å². The highest BCUT2D eigenvalue weighted by Crippen LogP contribution is 2.24. The van der Waals surface area contributed by atoms with Crippen LogP contribution in [-0.4, -0.2) is 26.3 Å². The minimum atomic E-state index is -3.69. The van der Waals surface area contributed by atoms with Gasteiger partial charge in [-0.15, -0.1) is 0 Å². The lowest BCUT2D eigenvalue weighted by Crippen LogP contribution is -2.28. The van der Waals surface area contributed by atoms with Crippen molar-refractivity contribution in [2.45, 2.75) is 43.4 Å². The minimum absolute atomic E-state index is 0.0163. The number of ketones is 1. The second-order valence-corrected chi connectivity index (χ2v) is 8.75. The maximum absolute atomic E-state index is 13.0. The van der Waals surface area contributed by atoms with Crippen LogP contribution >= 0.6 is 0 Å². The Kier molecular flexibility index (Phi) is 5.69. The molecule has 0 aliphatic carbocycles. The molecule has 0 saturated heterocycles. The molecule has 0 radical (unpaired) electrons. The van der Waals surface area contributed by atoms with Crippen LogP contribution < -0.4 is 11.2 Å². The highest BCUT2D eigenvalue weighted by Gasteiger charge is 2.28. The van der Waals surface area contributed by atoms with Gasteiger partial charge in [-0.05, 0) is 46.8 Å². The molecular formula is C19H22BNO5S. The number of anilines is 1. The molecule has 3 N–H and O–H groups in total. The molecule has 2 aromatic carbocycles. The number of carbonyl (C=O) groups is 1. The normalized spacial score (nSPS) is 13.6. The largest absolute Gasteiger partial charge is 0.491 e. The smallest absolute Gasteiger partial charge is 0.423 e. The standard InChI is InChI=1S/C19H22BNO5S/c1-2-3-17(22)10-15-9-16(21)6-7-19(15)27(24,25)12-13-4-5-14-11-26-20(23)18(14)8-13/h4-9,23H,2-3,10-12,21H2,1H3. The number of nitrogen functional groups attached to an aromatic ring is 1. The molecule has 0 spiro atoms. The minimum Gasteiger partial charge on any atom is -0.423 e. The fourth-order valence-electron chi connectivity index (χ4n) is 3.27. The molecule has 1 heterocycles. The summed E-state index contributed by atoms with van der Waals surface area (Å²) in [4.78, 5) is 12.2. The van der Waals surface area contributed by atoms with E-state index in [9.17, 15) is 18.2 Å². The molecule has 1 aliphatic heterocycles. The summed E-state index contributed by atoms with van der Waals surface area (Å²) in [6.07, 6.45) is 1.16. The van der Waals surface area contributed by atoms with Crippen molar-refractivity contribution < 1.29 is 22.9 Å². The Bertz CT molecular complexity index is 974. The van der Waals surface area contributed by atoms with Gasteiger partial charge in [-0.3, -0.25) is 4.79 Å². The number of benzene rings is 2. The van der Waals surface area contributed by atoms with E-state index in [1.807, 2.05) is 6.92 Å². The Morgan fingerprint density at radius 3 is 2.78 bits per heavy atom. The summed E-state index contributed by atoms with van der Waals surface area (Å²) < 4.78 is 31.2. The average Bonchev–Trinajstić information content (AvgIpc) is 2.95. The Morgan fingerprint density at radius 1 is 1.26 bits per heavy atom. The first-order valence-electron chi connectivity index (χ1n) is 8.84. The van der Waals surface area contributed by atoms with Gasteiger partial charge >= 0.3 is 7.12 Å². The zero-order chi connectivity index (χ0) is 19.6. The van der Waals surface area contributed by atoms with Crippen molar-refractivity contribution in [3.63, 3.8) is 0 Å². The van der Waals surface area contributed by atoms with Crippen LogP contribution in [0, 0.1) is 0 Å². The van der Waals surface area contributed by atoms with E-state index in [-0.39, 0.29) is 22.9 Å². The van der Waals surface area contributed by atoms with E-state index in [1.165, 1.54) is 12.1 Å². The summed E-state index contributed by atoms with van der Waals surface area (Å²) in [6, 6.07) is 9.69. The third kappa shape index (κ3) is 4.40. The van der Waals surface area contributed by atoms with Crippen molar-refractivity contribution in [3.05, 3.63) is 53.1 Å². The third-order valence-electron chi connectivity index (χ3n) is 4.57. The summed E-state index contributed by atoms with van der Waals surface area (Å²) in [7, 11) is -4.71. The quantitative estimate of drug-likeness (QED) is 0.549. The summed E-state index contributed by atoms with van der Waals surface area (Å²) in [5.41, 5.74) is 8.65. The van der Waals surface area contributed by atoms with E-state index in [0.29, 0.717) is 41.7 Å². The number of sulfone groups is 1. The molecule has 6 nitrogen and oxygen atoms in total. The maximum atomic E-state index is 13.0. The van der Waals surface area contributed by atoms with Gasteiger partial charge in [0, 0.05) is 18.5 Å². The van der Waals surface area contributed by atoms with E-state index >= 15 is 0 Å². The lowest BCUT2D eigenvalue weighted by atomic mass is 9.79. The first-order valence-corrected chi connectivity index (χ1v) is 10.5. The van der Waals surface area contributed by atoms with Gasteiger partial charge in [0.2, 0.25) is 0 Å². The summed E-state index contributed by atoms with van der Waals surface area (Å²) in [5, 5.41) is 9.82. The molecule has 0 unspecified atom stereocenters. The van der Waals surface area contributed by atoms with Crippen LogP contribution in [0.1, 0.15) is 36.5 Å². The highest BCUT2D eigenvalue weighted by molar-refractivity contribution is 7.90. The van der Waals surface area contributed by atoms with Crippen LogP contribution in [0.3, 0.4) is 0 Å². The molecule has 0 fully saturated rings. The predicted molar refractivity (Wildman–Crippen MR) is 104 cm³/mol. The topological polar surface area (TPSA) is 107 Å². The first-order chi connectivity index (χ1) is 12.8.